The van der Waals surface area contributed by atoms with E-state index in [-0.39, 0.29) is 17.9 Å². The van der Waals surface area contributed by atoms with Gasteiger partial charge in [-0.05, 0) is 24.3 Å². The SMILES string of the molecule is COc1cccc(-c2ccc(=O)n(CC(=O)Nc3cccc([N+](=O)[O-])c3)n2)c1. The number of rotatable bonds is 6. The van der Waals surface area contributed by atoms with Crippen molar-refractivity contribution in [3.8, 4) is 17.0 Å². The number of ether oxygens (including phenoxy) is 1. The molecule has 3 rings (SSSR count). The Kier molecular flexibility index (Phi) is 5.45. The first-order valence-electron chi connectivity index (χ1n) is 8.23. The molecule has 1 amide bonds. The predicted octanol–water partition coefficient (Wildman–Crippen LogP) is 2.47. The van der Waals surface area contributed by atoms with Crippen molar-refractivity contribution in [1.29, 1.82) is 0 Å². The van der Waals surface area contributed by atoms with E-state index >= 15 is 0 Å². The minimum Gasteiger partial charge on any atom is -0.497 e. The molecule has 0 unspecified atom stereocenters. The maximum atomic E-state index is 12.3. The molecule has 0 radical (unpaired) electrons. The van der Waals surface area contributed by atoms with Gasteiger partial charge >= 0.3 is 0 Å². The van der Waals surface area contributed by atoms with Gasteiger partial charge in [0.1, 0.15) is 12.3 Å². The van der Waals surface area contributed by atoms with Crippen LogP contribution in [0.4, 0.5) is 11.4 Å². The van der Waals surface area contributed by atoms with Crippen LogP contribution in [0.25, 0.3) is 11.3 Å². The normalized spacial score (nSPS) is 10.3. The molecule has 9 heteroatoms. The molecular weight excluding hydrogens is 364 g/mol. The van der Waals surface area contributed by atoms with Gasteiger partial charge in [-0.1, -0.05) is 18.2 Å². The number of carbonyl (C=O) groups excluding carboxylic acids is 1. The van der Waals surface area contributed by atoms with E-state index in [1.165, 1.54) is 30.3 Å². The number of carbonyl (C=O) groups is 1. The monoisotopic (exact) mass is 380 g/mol. The molecule has 1 aromatic heterocycles. The standard InChI is InChI=1S/C19H16N4O5/c1-28-16-7-2-4-13(10-16)17-8-9-19(25)22(21-17)12-18(24)20-14-5-3-6-15(11-14)23(26)27/h2-11H,12H2,1H3,(H,20,24). The predicted molar refractivity (Wildman–Crippen MR) is 102 cm³/mol. The third-order valence-electron chi connectivity index (χ3n) is 3.87. The van der Waals surface area contributed by atoms with Gasteiger partial charge in [-0.2, -0.15) is 5.10 Å². The first kappa shape index (κ1) is 18.8. The fraction of sp³-hybridized carbons (Fsp3) is 0.105. The average molecular weight is 380 g/mol. The van der Waals surface area contributed by atoms with Gasteiger partial charge in [0.2, 0.25) is 5.91 Å². The summed E-state index contributed by atoms with van der Waals surface area (Å²) in [6.07, 6.45) is 0. The van der Waals surface area contributed by atoms with E-state index in [0.29, 0.717) is 11.4 Å². The van der Waals surface area contributed by atoms with Gasteiger partial charge in [0.05, 0.1) is 17.7 Å². The van der Waals surface area contributed by atoms with Gasteiger partial charge < -0.3 is 10.1 Å². The highest BCUT2D eigenvalue weighted by Gasteiger charge is 2.11. The number of non-ortho nitro benzene ring substituents is 1. The van der Waals surface area contributed by atoms with E-state index in [0.717, 1.165) is 10.2 Å². The van der Waals surface area contributed by atoms with E-state index in [1.807, 2.05) is 6.07 Å². The van der Waals surface area contributed by atoms with Crippen LogP contribution in [0.2, 0.25) is 0 Å². The molecule has 2 aromatic carbocycles. The van der Waals surface area contributed by atoms with E-state index in [2.05, 4.69) is 10.4 Å². The van der Waals surface area contributed by atoms with Crippen LogP contribution in [0.5, 0.6) is 5.75 Å². The molecule has 0 aliphatic heterocycles. The molecule has 3 aromatic rings. The largest absolute Gasteiger partial charge is 0.497 e. The number of amides is 1. The average Bonchev–Trinajstić information content (AvgIpc) is 2.69. The number of benzene rings is 2. The van der Waals surface area contributed by atoms with Crippen molar-refractivity contribution >= 4 is 17.3 Å². The third-order valence-corrected chi connectivity index (χ3v) is 3.87. The molecule has 0 bridgehead atoms. The number of nitro benzene ring substituents is 1. The summed E-state index contributed by atoms with van der Waals surface area (Å²) in [5.41, 5.74) is 0.902. The summed E-state index contributed by atoms with van der Waals surface area (Å²) in [4.78, 5) is 34.6. The zero-order chi connectivity index (χ0) is 20.1. The molecule has 28 heavy (non-hydrogen) atoms. The number of nitrogens with one attached hydrogen (secondary N) is 1. The lowest BCUT2D eigenvalue weighted by atomic mass is 10.1. The Morgan fingerprint density at radius 2 is 1.96 bits per heavy atom. The summed E-state index contributed by atoms with van der Waals surface area (Å²) >= 11 is 0. The van der Waals surface area contributed by atoms with Crippen LogP contribution in [0, 0.1) is 10.1 Å². The molecule has 1 N–H and O–H groups in total. The maximum Gasteiger partial charge on any atom is 0.271 e. The lowest BCUT2D eigenvalue weighted by molar-refractivity contribution is -0.384. The minimum absolute atomic E-state index is 0.145. The molecule has 0 spiro atoms. The lowest BCUT2D eigenvalue weighted by Gasteiger charge is -2.09. The highest BCUT2D eigenvalue weighted by molar-refractivity contribution is 5.90. The fourth-order valence-corrected chi connectivity index (χ4v) is 2.53. The van der Waals surface area contributed by atoms with Gasteiger partial charge in [-0.15, -0.1) is 0 Å². The second-order valence-corrected chi connectivity index (χ2v) is 5.80. The molecule has 9 nitrogen and oxygen atoms in total. The number of hydrogen-bond acceptors (Lipinski definition) is 6. The van der Waals surface area contributed by atoms with Gasteiger partial charge in [-0.3, -0.25) is 19.7 Å². The molecule has 0 fully saturated rings. The van der Waals surface area contributed by atoms with Crippen LogP contribution in [-0.2, 0) is 11.3 Å². The number of nitrogens with zero attached hydrogens (tertiary/aromatic N) is 3. The zero-order valence-corrected chi connectivity index (χ0v) is 14.9. The Bertz CT molecular complexity index is 1090. The summed E-state index contributed by atoms with van der Waals surface area (Å²) in [5.74, 6) is 0.110. The van der Waals surface area contributed by atoms with Crippen LogP contribution >= 0.6 is 0 Å². The van der Waals surface area contributed by atoms with Crippen molar-refractivity contribution in [3.63, 3.8) is 0 Å². The second-order valence-electron chi connectivity index (χ2n) is 5.80. The topological polar surface area (TPSA) is 116 Å². The van der Waals surface area contributed by atoms with Gasteiger partial charge in [0.15, 0.2) is 0 Å². The lowest BCUT2D eigenvalue weighted by Crippen LogP contribution is -2.29. The van der Waals surface area contributed by atoms with Crippen LogP contribution in [0.15, 0.2) is 65.5 Å². The van der Waals surface area contributed by atoms with Crippen molar-refractivity contribution in [2.75, 3.05) is 12.4 Å². The van der Waals surface area contributed by atoms with E-state index in [1.54, 1.807) is 31.4 Å². The van der Waals surface area contributed by atoms with Gasteiger partial charge in [0.25, 0.3) is 11.2 Å². The summed E-state index contributed by atoms with van der Waals surface area (Å²) in [7, 11) is 1.55. The van der Waals surface area contributed by atoms with Crippen molar-refractivity contribution in [2.24, 2.45) is 0 Å². The molecule has 0 atom stereocenters. The molecule has 0 aliphatic rings. The molecule has 1 heterocycles. The quantitative estimate of drug-likeness (QED) is 0.519. The highest BCUT2D eigenvalue weighted by Crippen LogP contribution is 2.21. The summed E-state index contributed by atoms with van der Waals surface area (Å²) in [5, 5.41) is 17.6. The highest BCUT2D eigenvalue weighted by atomic mass is 16.6. The first-order valence-corrected chi connectivity index (χ1v) is 8.23. The van der Waals surface area contributed by atoms with Crippen LogP contribution in [0.1, 0.15) is 0 Å². The van der Waals surface area contributed by atoms with Crippen molar-refractivity contribution in [2.45, 2.75) is 6.54 Å². The number of nitro groups is 1. The zero-order valence-electron chi connectivity index (χ0n) is 14.9. The van der Waals surface area contributed by atoms with E-state index in [9.17, 15) is 19.7 Å². The number of aromatic nitrogens is 2. The van der Waals surface area contributed by atoms with Crippen LogP contribution in [0.3, 0.4) is 0 Å². The van der Waals surface area contributed by atoms with Crippen LogP contribution in [-0.4, -0.2) is 27.7 Å². The Morgan fingerprint density at radius 1 is 1.18 bits per heavy atom. The second kappa shape index (κ2) is 8.12. The number of methoxy groups -OCH3 is 1. The first-order chi connectivity index (χ1) is 13.5. The Balaban J connectivity index is 1.80. The molecule has 0 saturated carbocycles. The van der Waals surface area contributed by atoms with Gasteiger partial charge in [0, 0.05) is 29.4 Å². The number of anilines is 1. The number of hydrogen-bond donors (Lipinski definition) is 1. The van der Waals surface area contributed by atoms with E-state index < -0.39 is 16.4 Å². The van der Waals surface area contributed by atoms with Gasteiger partial charge in [-0.25, -0.2) is 4.68 Å². The Labute approximate surface area is 159 Å². The fourth-order valence-electron chi connectivity index (χ4n) is 2.53. The summed E-state index contributed by atoms with van der Waals surface area (Å²) in [6, 6.07) is 15.6. The summed E-state index contributed by atoms with van der Waals surface area (Å²) in [6.45, 7) is -0.334. The Hall–Kier alpha value is -4.01. The van der Waals surface area contributed by atoms with Crippen LogP contribution < -0.4 is 15.6 Å². The van der Waals surface area contributed by atoms with Crippen molar-refractivity contribution < 1.29 is 14.5 Å². The summed E-state index contributed by atoms with van der Waals surface area (Å²) < 4.78 is 6.21. The third kappa shape index (κ3) is 4.39. The Morgan fingerprint density at radius 3 is 2.71 bits per heavy atom. The molecular formula is C19H16N4O5. The molecule has 0 aliphatic carbocycles. The van der Waals surface area contributed by atoms with Crippen molar-refractivity contribution in [3.05, 3.63) is 81.1 Å². The maximum absolute atomic E-state index is 12.3. The molecule has 0 saturated heterocycles. The van der Waals surface area contributed by atoms with E-state index in [4.69, 9.17) is 4.74 Å². The smallest absolute Gasteiger partial charge is 0.271 e. The van der Waals surface area contributed by atoms with Crippen molar-refractivity contribution in [1.82, 2.24) is 9.78 Å². The molecule has 142 valence electrons. The minimum atomic E-state index is -0.556.